The number of benzene rings is 2. The first-order chi connectivity index (χ1) is 13.3. The Bertz CT molecular complexity index is 942. The topological polar surface area (TPSA) is 63.1 Å². The first kappa shape index (κ1) is 20.8. The van der Waals surface area contributed by atoms with Gasteiger partial charge in [-0.05, 0) is 49.7 Å². The molecule has 1 heterocycles. The number of ether oxygens (including phenoxy) is 1. The summed E-state index contributed by atoms with van der Waals surface area (Å²) in [7, 11) is -2.38. The minimum Gasteiger partial charge on any atom is -0.495 e. The van der Waals surface area contributed by atoms with E-state index in [0.717, 1.165) is 44.0 Å². The number of quaternary nitrogens is 1. The van der Waals surface area contributed by atoms with Crippen LogP contribution in [0.2, 0.25) is 5.02 Å². The van der Waals surface area contributed by atoms with Crippen LogP contribution in [0.25, 0.3) is 0 Å². The maximum Gasteiger partial charge on any atom is 0.265 e. The van der Waals surface area contributed by atoms with E-state index in [0.29, 0.717) is 16.5 Å². The highest BCUT2D eigenvalue weighted by atomic mass is 35.5. The van der Waals surface area contributed by atoms with Gasteiger partial charge in [0.25, 0.3) is 10.0 Å². The summed E-state index contributed by atoms with van der Waals surface area (Å²) in [4.78, 5) is 3.87. The molecule has 0 spiro atoms. The summed E-state index contributed by atoms with van der Waals surface area (Å²) in [5.74, 6) is 0.307. The molecule has 2 aromatic carbocycles. The van der Waals surface area contributed by atoms with Crippen molar-refractivity contribution in [3.8, 4) is 5.75 Å². The van der Waals surface area contributed by atoms with Gasteiger partial charge in [0.2, 0.25) is 0 Å². The zero-order chi connectivity index (χ0) is 20.3. The van der Waals surface area contributed by atoms with Crippen molar-refractivity contribution >= 4 is 33.0 Å². The third kappa shape index (κ3) is 4.54. The van der Waals surface area contributed by atoms with E-state index in [1.54, 1.807) is 29.2 Å². The van der Waals surface area contributed by atoms with Gasteiger partial charge in [-0.25, -0.2) is 8.42 Å². The van der Waals surface area contributed by atoms with Crippen LogP contribution >= 0.6 is 11.6 Å². The Hall–Kier alpha value is -1.96. The Morgan fingerprint density at radius 1 is 1.18 bits per heavy atom. The van der Waals surface area contributed by atoms with E-state index in [1.165, 1.54) is 7.11 Å². The lowest BCUT2D eigenvalue weighted by Crippen LogP contribution is -3.14. The fraction of sp³-hybridized carbons (Fsp3) is 0.400. The Morgan fingerprint density at radius 3 is 2.54 bits per heavy atom. The van der Waals surface area contributed by atoms with Gasteiger partial charge in [-0.1, -0.05) is 17.7 Å². The monoisotopic (exact) mass is 424 g/mol. The number of hydrogen-bond donors (Lipinski definition) is 2. The fourth-order valence-electron chi connectivity index (χ4n) is 3.48. The van der Waals surface area contributed by atoms with E-state index >= 15 is 0 Å². The molecule has 2 aromatic rings. The molecular formula is C20H27ClN3O3S+. The lowest BCUT2D eigenvalue weighted by atomic mass is 10.2. The second-order valence-electron chi connectivity index (χ2n) is 7.01. The molecule has 0 amide bonds. The number of methoxy groups -OCH3 is 1. The molecule has 0 atom stereocenters. The zero-order valence-electron chi connectivity index (χ0n) is 16.5. The predicted octanol–water partition coefficient (Wildman–Crippen LogP) is 2.18. The lowest BCUT2D eigenvalue weighted by molar-refractivity contribution is -0.898. The molecule has 0 radical (unpaired) electrons. The number of anilines is 2. The van der Waals surface area contributed by atoms with Crippen molar-refractivity contribution in [3.05, 3.63) is 47.0 Å². The van der Waals surface area contributed by atoms with Crippen molar-refractivity contribution < 1.29 is 18.1 Å². The summed E-state index contributed by atoms with van der Waals surface area (Å²) in [5, 5.41) is 0.482. The molecule has 0 saturated carbocycles. The van der Waals surface area contributed by atoms with E-state index < -0.39 is 10.0 Å². The van der Waals surface area contributed by atoms with Crippen molar-refractivity contribution in [1.29, 1.82) is 0 Å². The maximum atomic E-state index is 13.1. The second kappa shape index (κ2) is 8.59. The molecule has 1 aliphatic heterocycles. The van der Waals surface area contributed by atoms with Crippen LogP contribution < -0.4 is 19.3 Å². The number of piperazine rings is 1. The van der Waals surface area contributed by atoms with E-state index in [9.17, 15) is 8.42 Å². The molecule has 3 rings (SSSR count). The minimum atomic E-state index is -3.84. The molecule has 2 N–H and O–H groups in total. The number of rotatable bonds is 6. The molecule has 1 aliphatic rings. The first-order valence-electron chi connectivity index (χ1n) is 9.39. The van der Waals surface area contributed by atoms with Gasteiger partial charge in [0.15, 0.2) is 0 Å². The fourth-order valence-corrected chi connectivity index (χ4v) is 4.97. The summed E-state index contributed by atoms with van der Waals surface area (Å²) in [6.45, 7) is 8.91. The number of nitrogens with zero attached hydrogens (tertiary/aromatic N) is 1. The average Bonchev–Trinajstić information content (AvgIpc) is 2.68. The average molecular weight is 425 g/mol. The quantitative estimate of drug-likeness (QED) is 0.746. The highest BCUT2D eigenvalue weighted by Gasteiger charge is 2.25. The smallest absolute Gasteiger partial charge is 0.265 e. The SMILES string of the molecule is CC[NH+]1CCN(c2ccc(Cl)cc2NS(=O)(=O)c2cc(C)ccc2OC)CC1. The third-order valence-electron chi connectivity index (χ3n) is 5.12. The Balaban J connectivity index is 1.94. The van der Waals surface area contributed by atoms with Gasteiger partial charge in [0.05, 0.1) is 51.2 Å². The summed E-state index contributed by atoms with van der Waals surface area (Å²) in [5.41, 5.74) is 2.16. The predicted molar refractivity (Wildman–Crippen MR) is 113 cm³/mol. The van der Waals surface area contributed by atoms with Gasteiger partial charge in [0, 0.05) is 5.02 Å². The van der Waals surface area contributed by atoms with Crippen molar-refractivity contribution in [2.75, 3.05) is 49.5 Å². The summed E-state index contributed by atoms with van der Waals surface area (Å²) >= 11 is 6.18. The second-order valence-corrected chi connectivity index (χ2v) is 9.10. The van der Waals surface area contributed by atoms with Crippen LogP contribution in [0.5, 0.6) is 5.75 Å². The van der Waals surface area contributed by atoms with Gasteiger partial charge in [-0.3, -0.25) is 4.72 Å². The third-order valence-corrected chi connectivity index (χ3v) is 6.74. The van der Waals surface area contributed by atoms with Crippen LogP contribution in [0.1, 0.15) is 12.5 Å². The highest BCUT2D eigenvalue weighted by molar-refractivity contribution is 7.92. The van der Waals surface area contributed by atoms with E-state index in [1.807, 2.05) is 19.1 Å². The summed E-state index contributed by atoms with van der Waals surface area (Å²) in [6, 6.07) is 10.4. The summed E-state index contributed by atoms with van der Waals surface area (Å²) in [6.07, 6.45) is 0. The number of aryl methyl sites for hydroxylation is 1. The van der Waals surface area contributed by atoms with Crippen molar-refractivity contribution in [1.82, 2.24) is 0 Å². The standard InChI is InChI=1S/C20H26ClN3O3S/c1-4-23-9-11-24(12-10-23)18-7-6-16(21)14-17(18)22-28(25,26)20-13-15(2)5-8-19(20)27-3/h5-8,13-14,22H,4,9-12H2,1-3H3/p+1. The zero-order valence-corrected chi connectivity index (χ0v) is 18.0. The number of likely N-dealkylation sites (N-methyl/N-ethyl adjacent to an activating group) is 1. The van der Waals surface area contributed by atoms with Gasteiger partial charge in [-0.15, -0.1) is 0 Å². The van der Waals surface area contributed by atoms with Crippen LogP contribution in [-0.2, 0) is 10.0 Å². The number of nitrogens with one attached hydrogen (secondary N) is 2. The van der Waals surface area contributed by atoms with Crippen LogP contribution in [0.4, 0.5) is 11.4 Å². The minimum absolute atomic E-state index is 0.112. The molecule has 6 nitrogen and oxygen atoms in total. The lowest BCUT2D eigenvalue weighted by Gasteiger charge is -2.34. The Labute approximate surface area is 172 Å². The number of hydrogen-bond acceptors (Lipinski definition) is 4. The van der Waals surface area contributed by atoms with Gasteiger partial charge in [0.1, 0.15) is 10.6 Å². The molecule has 0 aromatic heterocycles. The van der Waals surface area contributed by atoms with Crippen molar-refractivity contribution in [2.45, 2.75) is 18.7 Å². The van der Waals surface area contributed by atoms with Gasteiger partial charge in [-0.2, -0.15) is 0 Å². The summed E-state index contributed by atoms with van der Waals surface area (Å²) < 4.78 is 34.2. The van der Waals surface area contributed by atoms with Gasteiger partial charge < -0.3 is 14.5 Å². The number of halogens is 1. The maximum absolute atomic E-state index is 13.1. The molecule has 0 bridgehead atoms. The Morgan fingerprint density at radius 2 is 1.89 bits per heavy atom. The molecule has 152 valence electrons. The molecule has 1 fully saturated rings. The van der Waals surface area contributed by atoms with Crippen LogP contribution in [0.15, 0.2) is 41.3 Å². The first-order valence-corrected chi connectivity index (χ1v) is 11.3. The molecule has 0 unspecified atom stereocenters. The van der Waals surface area contributed by atoms with E-state index in [2.05, 4.69) is 16.5 Å². The van der Waals surface area contributed by atoms with E-state index in [-0.39, 0.29) is 4.90 Å². The highest BCUT2D eigenvalue weighted by Crippen LogP contribution is 2.33. The van der Waals surface area contributed by atoms with Crippen LogP contribution in [0.3, 0.4) is 0 Å². The Kier molecular flexibility index (Phi) is 6.37. The van der Waals surface area contributed by atoms with Crippen LogP contribution in [-0.4, -0.2) is 48.3 Å². The molecule has 1 saturated heterocycles. The van der Waals surface area contributed by atoms with E-state index in [4.69, 9.17) is 16.3 Å². The largest absolute Gasteiger partial charge is 0.495 e. The van der Waals surface area contributed by atoms with Gasteiger partial charge >= 0.3 is 0 Å². The molecular weight excluding hydrogens is 398 g/mol. The van der Waals surface area contributed by atoms with Crippen LogP contribution in [0, 0.1) is 6.92 Å². The van der Waals surface area contributed by atoms with Crippen molar-refractivity contribution in [3.63, 3.8) is 0 Å². The molecule has 8 heteroatoms. The normalized spacial score (nSPS) is 15.5. The van der Waals surface area contributed by atoms with Crippen molar-refractivity contribution in [2.24, 2.45) is 0 Å². The molecule has 28 heavy (non-hydrogen) atoms. The number of sulfonamides is 1. The molecule has 0 aliphatic carbocycles.